The predicted octanol–water partition coefficient (Wildman–Crippen LogP) is 11.1. The molecule has 0 aliphatic heterocycles. The third-order valence-corrected chi connectivity index (χ3v) is 8.95. The van der Waals surface area contributed by atoms with Crippen LogP contribution in [0.3, 0.4) is 0 Å². The van der Waals surface area contributed by atoms with Crippen molar-refractivity contribution in [3.05, 3.63) is 163 Å². The number of rotatable bonds is 5. The zero-order valence-corrected chi connectivity index (χ0v) is 26.2. The van der Waals surface area contributed by atoms with Gasteiger partial charge in [0.25, 0.3) is 0 Å². The molecule has 7 aromatic carbocycles. The average molecular weight is 627 g/mol. The van der Waals surface area contributed by atoms with Gasteiger partial charge in [-0.25, -0.2) is 15.0 Å². The minimum absolute atomic E-state index is 0.542. The minimum atomic E-state index is 0.542. The Labute approximate surface area is 282 Å². The van der Waals surface area contributed by atoms with Gasteiger partial charge in [0.15, 0.2) is 17.5 Å². The molecule has 0 atom stereocenters. The standard InChI is InChI=1S/C44H26N4O/c45-27-28-16-18-30(19-17-28)42-46-43(35-12-6-10-31(25-35)29-8-2-1-3-9-29)48-44(47-42)36-13-7-11-32(26-36)33-20-22-37-34(24-33)21-23-39-38-14-4-5-15-40(38)49-41(37)39/h1-26H. The quantitative estimate of drug-likeness (QED) is 0.190. The van der Waals surface area contributed by atoms with Crippen LogP contribution in [0.4, 0.5) is 0 Å². The lowest BCUT2D eigenvalue weighted by molar-refractivity contribution is 0.672. The van der Waals surface area contributed by atoms with Crippen molar-refractivity contribution in [1.82, 2.24) is 15.0 Å². The largest absolute Gasteiger partial charge is 0.455 e. The minimum Gasteiger partial charge on any atom is -0.455 e. The maximum atomic E-state index is 9.36. The Kier molecular flexibility index (Phi) is 6.78. The first-order valence-electron chi connectivity index (χ1n) is 16.1. The van der Waals surface area contributed by atoms with Crippen LogP contribution in [0.1, 0.15) is 5.56 Å². The lowest BCUT2D eigenvalue weighted by atomic mass is 9.98. The van der Waals surface area contributed by atoms with Gasteiger partial charge in [-0.2, -0.15) is 5.26 Å². The second-order valence-corrected chi connectivity index (χ2v) is 12.0. The van der Waals surface area contributed by atoms with Crippen molar-refractivity contribution in [3.8, 4) is 62.5 Å². The Bertz CT molecular complexity index is 2720. The van der Waals surface area contributed by atoms with Crippen LogP contribution in [0.25, 0.3) is 89.1 Å². The van der Waals surface area contributed by atoms with Crippen LogP contribution in [0.2, 0.25) is 0 Å². The Hall–Kier alpha value is -6.90. The summed E-state index contributed by atoms with van der Waals surface area (Å²) in [7, 11) is 0. The summed E-state index contributed by atoms with van der Waals surface area (Å²) in [6, 6.07) is 55.3. The lowest BCUT2D eigenvalue weighted by Crippen LogP contribution is -2.00. The van der Waals surface area contributed by atoms with E-state index in [0.717, 1.165) is 71.7 Å². The van der Waals surface area contributed by atoms with E-state index in [4.69, 9.17) is 19.4 Å². The zero-order valence-electron chi connectivity index (χ0n) is 26.2. The molecule has 49 heavy (non-hydrogen) atoms. The maximum absolute atomic E-state index is 9.36. The summed E-state index contributed by atoms with van der Waals surface area (Å²) in [6.45, 7) is 0. The smallest absolute Gasteiger partial charge is 0.164 e. The van der Waals surface area contributed by atoms with Gasteiger partial charge in [0, 0.05) is 32.8 Å². The molecule has 0 saturated carbocycles. The van der Waals surface area contributed by atoms with Crippen molar-refractivity contribution in [3.63, 3.8) is 0 Å². The van der Waals surface area contributed by atoms with Gasteiger partial charge in [0.05, 0.1) is 11.6 Å². The first-order valence-corrected chi connectivity index (χ1v) is 16.1. The number of hydrogen-bond donors (Lipinski definition) is 0. The van der Waals surface area contributed by atoms with Crippen molar-refractivity contribution in [2.45, 2.75) is 0 Å². The molecule has 0 spiro atoms. The molecule has 0 saturated heterocycles. The second kappa shape index (κ2) is 11.7. The molecule has 0 fully saturated rings. The highest BCUT2D eigenvalue weighted by Gasteiger charge is 2.15. The molecule has 5 nitrogen and oxygen atoms in total. The Morgan fingerprint density at radius 3 is 1.67 bits per heavy atom. The first kappa shape index (κ1) is 28.3. The van der Waals surface area contributed by atoms with E-state index in [1.165, 1.54) is 0 Å². The fraction of sp³-hybridized carbons (Fsp3) is 0. The molecule has 0 N–H and O–H groups in total. The summed E-state index contributed by atoms with van der Waals surface area (Å²) in [6.07, 6.45) is 0. The number of nitriles is 1. The van der Waals surface area contributed by atoms with Crippen LogP contribution in [0, 0.1) is 11.3 Å². The first-order chi connectivity index (χ1) is 24.2. The van der Waals surface area contributed by atoms with Gasteiger partial charge < -0.3 is 4.42 Å². The molecule has 2 aromatic heterocycles. The summed E-state index contributed by atoms with van der Waals surface area (Å²) in [5, 5.41) is 13.8. The molecule has 0 bridgehead atoms. The molecule has 0 aliphatic rings. The zero-order chi connectivity index (χ0) is 32.7. The van der Waals surface area contributed by atoms with Crippen LogP contribution in [0.5, 0.6) is 0 Å². The number of hydrogen-bond acceptors (Lipinski definition) is 5. The average Bonchev–Trinajstić information content (AvgIpc) is 3.57. The SMILES string of the molecule is N#Cc1ccc(-c2nc(-c3cccc(-c4ccccc4)c3)nc(-c3cccc(-c4ccc5c(ccc6c7ccccc7oc56)c4)c3)n2)cc1. The van der Waals surface area contributed by atoms with Crippen LogP contribution >= 0.6 is 0 Å². The molecule has 228 valence electrons. The fourth-order valence-electron chi connectivity index (χ4n) is 6.45. The van der Waals surface area contributed by atoms with Crippen molar-refractivity contribution in [2.75, 3.05) is 0 Å². The highest BCUT2D eigenvalue weighted by Crippen LogP contribution is 2.36. The Morgan fingerprint density at radius 2 is 0.959 bits per heavy atom. The molecule has 0 radical (unpaired) electrons. The van der Waals surface area contributed by atoms with Gasteiger partial charge in [0.2, 0.25) is 0 Å². The molecule has 9 rings (SSSR count). The predicted molar refractivity (Wildman–Crippen MR) is 197 cm³/mol. The van der Waals surface area contributed by atoms with Gasteiger partial charge in [-0.1, -0.05) is 97.1 Å². The summed E-state index contributed by atoms with van der Waals surface area (Å²) < 4.78 is 6.29. The molecular formula is C44H26N4O. The van der Waals surface area contributed by atoms with E-state index >= 15 is 0 Å². The Morgan fingerprint density at radius 1 is 0.408 bits per heavy atom. The molecule has 2 heterocycles. The van der Waals surface area contributed by atoms with Crippen LogP contribution < -0.4 is 0 Å². The van der Waals surface area contributed by atoms with Crippen molar-refractivity contribution in [2.24, 2.45) is 0 Å². The van der Waals surface area contributed by atoms with Crippen molar-refractivity contribution < 1.29 is 4.42 Å². The topological polar surface area (TPSA) is 75.6 Å². The van der Waals surface area contributed by atoms with Gasteiger partial charge in [-0.15, -0.1) is 0 Å². The highest BCUT2D eigenvalue weighted by molar-refractivity contribution is 6.15. The van der Waals surface area contributed by atoms with Crippen LogP contribution in [-0.4, -0.2) is 15.0 Å². The monoisotopic (exact) mass is 626 g/mol. The molecule has 0 aliphatic carbocycles. The van der Waals surface area contributed by atoms with E-state index in [0.29, 0.717) is 23.0 Å². The maximum Gasteiger partial charge on any atom is 0.164 e. The van der Waals surface area contributed by atoms with Crippen molar-refractivity contribution >= 4 is 32.7 Å². The highest BCUT2D eigenvalue weighted by atomic mass is 16.3. The number of para-hydroxylation sites is 1. The van der Waals surface area contributed by atoms with E-state index < -0.39 is 0 Å². The summed E-state index contributed by atoms with van der Waals surface area (Å²) in [5.41, 5.74) is 9.30. The van der Waals surface area contributed by atoms with Crippen LogP contribution in [-0.2, 0) is 0 Å². The third-order valence-electron chi connectivity index (χ3n) is 8.95. The number of furan rings is 1. The second-order valence-electron chi connectivity index (χ2n) is 12.0. The number of nitrogens with zero attached hydrogens (tertiary/aromatic N) is 4. The van der Waals surface area contributed by atoms with Gasteiger partial charge in [-0.05, 0) is 88.3 Å². The summed E-state index contributed by atoms with van der Waals surface area (Å²) in [4.78, 5) is 14.9. The molecule has 0 amide bonds. The van der Waals surface area contributed by atoms with Gasteiger partial charge >= 0.3 is 0 Å². The van der Waals surface area contributed by atoms with E-state index in [1.807, 2.05) is 72.8 Å². The lowest BCUT2D eigenvalue weighted by Gasteiger charge is -2.11. The fourth-order valence-corrected chi connectivity index (χ4v) is 6.45. The van der Waals surface area contributed by atoms with E-state index in [-0.39, 0.29) is 0 Å². The number of fused-ring (bicyclic) bond motifs is 5. The molecular weight excluding hydrogens is 601 g/mol. The molecule has 9 aromatic rings. The van der Waals surface area contributed by atoms with Crippen molar-refractivity contribution in [1.29, 1.82) is 5.26 Å². The number of benzene rings is 7. The van der Waals surface area contributed by atoms with E-state index in [1.54, 1.807) is 12.1 Å². The number of aromatic nitrogens is 3. The van der Waals surface area contributed by atoms with E-state index in [2.05, 4.69) is 78.9 Å². The molecule has 0 unspecified atom stereocenters. The molecule has 5 heteroatoms. The Balaban J connectivity index is 1.15. The third kappa shape index (κ3) is 5.18. The summed E-state index contributed by atoms with van der Waals surface area (Å²) in [5.74, 6) is 1.69. The van der Waals surface area contributed by atoms with Gasteiger partial charge in [-0.3, -0.25) is 0 Å². The van der Waals surface area contributed by atoms with Crippen LogP contribution in [0.15, 0.2) is 162 Å². The van der Waals surface area contributed by atoms with E-state index in [9.17, 15) is 5.26 Å². The summed E-state index contributed by atoms with van der Waals surface area (Å²) >= 11 is 0. The van der Waals surface area contributed by atoms with Gasteiger partial charge in [0.1, 0.15) is 11.2 Å². The normalized spacial score (nSPS) is 11.2.